The number of carbonyl (C=O) groups is 1. The number of hydrogen-bond acceptors (Lipinski definition) is 6. The summed E-state index contributed by atoms with van der Waals surface area (Å²) < 4.78 is 2.03. The van der Waals surface area contributed by atoms with Crippen LogP contribution in [0.2, 0.25) is 5.02 Å². The number of aromatic nitrogens is 2. The van der Waals surface area contributed by atoms with Crippen molar-refractivity contribution in [2.24, 2.45) is 0 Å². The number of nitrogens with zero attached hydrogens (tertiary/aromatic N) is 2. The molecule has 2 aromatic carbocycles. The van der Waals surface area contributed by atoms with Gasteiger partial charge in [-0.25, -0.2) is 9.97 Å². The van der Waals surface area contributed by atoms with Gasteiger partial charge in [-0.15, -0.1) is 22.7 Å². The third-order valence-electron chi connectivity index (χ3n) is 4.02. The van der Waals surface area contributed by atoms with Crippen LogP contribution in [0.4, 0.5) is 5.13 Å². The number of hydrogen-bond donors (Lipinski definition) is 1. The largest absolute Gasteiger partial charge is 0.301 e. The van der Waals surface area contributed by atoms with E-state index in [0.717, 1.165) is 42.0 Å². The van der Waals surface area contributed by atoms with E-state index >= 15 is 0 Å². The number of carbonyl (C=O) groups excluding carboxylic acids is 1. The fourth-order valence-electron chi connectivity index (χ4n) is 2.59. The van der Waals surface area contributed by atoms with Crippen LogP contribution in [0.3, 0.4) is 0 Å². The molecular formula is C20H16ClN3OS3. The van der Waals surface area contributed by atoms with Crippen molar-refractivity contribution in [2.75, 3.05) is 11.1 Å². The maximum atomic E-state index is 12.2. The summed E-state index contributed by atoms with van der Waals surface area (Å²) in [5.74, 6) is 0.228. The summed E-state index contributed by atoms with van der Waals surface area (Å²) in [6.07, 6.45) is 2.54. The number of thioether (sulfide) groups is 1. The normalized spacial score (nSPS) is 11.1. The summed E-state index contributed by atoms with van der Waals surface area (Å²) in [6, 6.07) is 14.0. The minimum Gasteiger partial charge on any atom is -0.301 e. The lowest BCUT2D eigenvalue weighted by atomic mass is 10.1. The van der Waals surface area contributed by atoms with Gasteiger partial charge >= 0.3 is 0 Å². The highest BCUT2D eigenvalue weighted by Crippen LogP contribution is 2.29. The second-order valence-electron chi connectivity index (χ2n) is 6.18. The molecule has 0 spiro atoms. The Balaban J connectivity index is 1.32. The fourth-order valence-corrected chi connectivity index (χ4v) is 5.52. The Labute approximate surface area is 180 Å². The fraction of sp³-hybridized carbons (Fsp3) is 0.150. The van der Waals surface area contributed by atoms with Crippen molar-refractivity contribution >= 4 is 67.3 Å². The molecule has 0 aliphatic rings. The van der Waals surface area contributed by atoms with E-state index in [1.807, 2.05) is 43.3 Å². The van der Waals surface area contributed by atoms with E-state index in [4.69, 9.17) is 11.6 Å². The van der Waals surface area contributed by atoms with E-state index in [-0.39, 0.29) is 5.91 Å². The van der Waals surface area contributed by atoms with Crippen LogP contribution >= 0.6 is 46.0 Å². The molecule has 0 saturated heterocycles. The molecule has 1 amide bonds. The number of amides is 1. The standard InChI is InChI=1S/C20H16ClN3OS3/c1-12-6-7-13(9-15(12)21)8-14-10-22-19(27-14)24-18(25)11-26-20-23-16-4-2-3-5-17(16)28-20/h2-7,9-10H,8,11H2,1H3,(H,22,24,25). The number of para-hydroxylation sites is 1. The molecule has 0 unspecified atom stereocenters. The van der Waals surface area contributed by atoms with Crippen LogP contribution in [-0.4, -0.2) is 21.6 Å². The molecular weight excluding hydrogens is 430 g/mol. The van der Waals surface area contributed by atoms with Gasteiger partial charge < -0.3 is 5.32 Å². The molecule has 2 aromatic heterocycles. The monoisotopic (exact) mass is 445 g/mol. The molecule has 4 aromatic rings. The molecule has 0 atom stereocenters. The molecule has 8 heteroatoms. The van der Waals surface area contributed by atoms with E-state index in [0.29, 0.717) is 10.9 Å². The third kappa shape index (κ3) is 4.72. The summed E-state index contributed by atoms with van der Waals surface area (Å²) in [4.78, 5) is 22.2. The number of aryl methyl sites for hydroxylation is 1. The molecule has 4 nitrogen and oxygen atoms in total. The summed E-state index contributed by atoms with van der Waals surface area (Å²) in [7, 11) is 0. The Bertz CT molecular complexity index is 1110. The average molecular weight is 446 g/mol. The molecule has 142 valence electrons. The zero-order valence-corrected chi connectivity index (χ0v) is 18.1. The van der Waals surface area contributed by atoms with Gasteiger partial charge in [-0.3, -0.25) is 4.79 Å². The minimum absolute atomic E-state index is 0.0801. The molecule has 4 rings (SSSR count). The van der Waals surface area contributed by atoms with Gasteiger partial charge in [0.1, 0.15) is 0 Å². The molecule has 2 heterocycles. The zero-order valence-electron chi connectivity index (χ0n) is 14.9. The van der Waals surface area contributed by atoms with Crippen LogP contribution in [0.1, 0.15) is 16.0 Å². The lowest BCUT2D eigenvalue weighted by molar-refractivity contribution is -0.113. The minimum atomic E-state index is -0.0801. The van der Waals surface area contributed by atoms with Crippen molar-refractivity contribution in [3.05, 3.63) is 69.7 Å². The quantitative estimate of drug-likeness (QED) is 0.368. The average Bonchev–Trinajstić information content (AvgIpc) is 3.29. The summed E-state index contributed by atoms with van der Waals surface area (Å²) in [6.45, 7) is 1.98. The second kappa shape index (κ2) is 8.61. The van der Waals surface area contributed by atoms with Crippen LogP contribution in [-0.2, 0) is 11.2 Å². The molecule has 0 radical (unpaired) electrons. The molecule has 0 saturated carbocycles. The lowest BCUT2D eigenvalue weighted by Crippen LogP contribution is -2.13. The molecule has 1 N–H and O–H groups in total. The van der Waals surface area contributed by atoms with Gasteiger partial charge in [0.2, 0.25) is 5.91 Å². The predicted molar refractivity (Wildman–Crippen MR) is 120 cm³/mol. The summed E-state index contributed by atoms with van der Waals surface area (Å²) in [5, 5.41) is 4.25. The van der Waals surface area contributed by atoms with Gasteiger partial charge in [0.25, 0.3) is 0 Å². The number of halogens is 1. The maximum Gasteiger partial charge on any atom is 0.236 e. The first-order valence-corrected chi connectivity index (χ1v) is 11.5. The van der Waals surface area contributed by atoms with Crippen LogP contribution in [0.25, 0.3) is 10.2 Å². The van der Waals surface area contributed by atoms with E-state index < -0.39 is 0 Å². The van der Waals surface area contributed by atoms with Gasteiger partial charge in [0, 0.05) is 22.5 Å². The second-order valence-corrected chi connectivity index (χ2v) is 9.95. The number of anilines is 1. The number of rotatable bonds is 6. The highest BCUT2D eigenvalue weighted by molar-refractivity contribution is 8.01. The van der Waals surface area contributed by atoms with Crippen LogP contribution in [0.5, 0.6) is 0 Å². The van der Waals surface area contributed by atoms with Crippen molar-refractivity contribution in [3.8, 4) is 0 Å². The van der Waals surface area contributed by atoms with Gasteiger partial charge in [0.05, 0.1) is 16.0 Å². The molecule has 0 fully saturated rings. The number of nitrogens with one attached hydrogen (secondary N) is 1. The highest BCUT2D eigenvalue weighted by Gasteiger charge is 2.10. The first-order valence-electron chi connectivity index (χ1n) is 8.55. The molecule has 0 aliphatic heterocycles. The number of benzene rings is 2. The highest BCUT2D eigenvalue weighted by atomic mass is 35.5. The Morgan fingerprint density at radius 1 is 1.21 bits per heavy atom. The Morgan fingerprint density at radius 2 is 2.07 bits per heavy atom. The smallest absolute Gasteiger partial charge is 0.236 e. The first-order chi connectivity index (χ1) is 13.6. The molecule has 0 bridgehead atoms. The summed E-state index contributed by atoms with van der Waals surface area (Å²) >= 11 is 10.7. The zero-order chi connectivity index (χ0) is 19.5. The Morgan fingerprint density at radius 3 is 2.89 bits per heavy atom. The molecule has 28 heavy (non-hydrogen) atoms. The van der Waals surface area contributed by atoms with Gasteiger partial charge in [-0.05, 0) is 36.2 Å². The topological polar surface area (TPSA) is 54.9 Å². The number of fused-ring (bicyclic) bond motifs is 1. The van der Waals surface area contributed by atoms with Crippen molar-refractivity contribution in [1.29, 1.82) is 0 Å². The van der Waals surface area contributed by atoms with Crippen LogP contribution < -0.4 is 5.32 Å². The molecule has 0 aliphatic carbocycles. The Hall–Kier alpha value is -1.93. The summed E-state index contributed by atoms with van der Waals surface area (Å²) in [5.41, 5.74) is 3.16. The van der Waals surface area contributed by atoms with Crippen LogP contribution in [0, 0.1) is 6.92 Å². The SMILES string of the molecule is Cc1ccc(Cc2cnc(NC(=O)CSc3nc4ccccc4s3)s2)cc1Cl. The lowest BCUT2D eigenvalue weighted by Gasteiger charge is -2.02. The third-order valence-corrected chi connectivity index (χ3v) is 7.51. The number of thiazole rings is 2. The van der Waals surface area contributed by atoms with Gasteiger partial charge in [0.15, 0.2) is 9.47 Å². The van der Waals surface area contributed by atoms with Crippen molar-refractivity contribution in [3.63, 3.8) is 0 Å². The maximum absolute atomic E-state index is 12.2. The Kier molecular flexibility index (Phi) is 5.96. The van der Waals surface area contributed by atoms with E-state index in [2.05, 4.69) is 21.4 Å². The van der Waals surface area contributed by atoms with E-state index in [1.165, 1.54) is 23.1 Å². The van der Waals surface area contributed by atoms with E-state index in [1.54, 1.807) is 17.5 Å². The van der Waals surface area contributed by atoms with Crippen molar-refractivity contribution < 1.29 is 4.79 Å². The van der Waals surface area contributed by atoms with E-state index in [9.17, 15) is 4.79 Å². The predicted octanol–water partition coefficient (Wildman–Crippen LogP) is 6.04. The van der Waals surface area contributed by atoms with Crippen LogP contribution in [0.15, 0.2) is 53.0 Å². The van der Waals surface area contributed by atoms with Gasteiger partial charge in [-0.1, -0.05) is 47.6 Å². The van der Waals surface area contributed by atoms with Crippen molar-refractivity contribution in [1.82, 2.24) is 9.97 Å². The van der Waals surface area contributed by atoms with Gasteiger partial charge in [-0.2, -0.15) is 0 Å². The van der Waals surface area contributed by atoms with Crippen molar-refractivity contribution in [2.45, 2.75) is 17.7 Å². The first kappa shape index (κ1) is 19.4.